The number of allylic oxidation sites excluding steroid dienone is 4. The summed E-state index contributed by atoms with van der Waals surface area (Å²) < 4.78 is 34.6. The van der Waals surface area contributed by atoms with Crippen molar-refractivity contribution in [3.63, 3.8) is 0 Å². The van der Waals surface area contributed by atoms with Gasteiger partial charge >= 0.3 is 29.6 Å². The molecule has 2 unspecified atom stereocenters. The Morgan fingerprint density at radius 1 is 1.07 bits per heavy atom. The maximum atomic E-state index is 13.0. The van der Waals surface area contributed by atoms with E-state index in [1.807, 2.05) is 0 Å². The van der Waals surface area contributed by atoms with Gasteiger partial charge in [0.2, 0.25) is 0 Å². The molecule has 0 saturated heterocycles. The largest absolute Gasteiger partial charge is 1.00 e. The molecule has 0 aromatic rings. The maximum Gasteiger partial charge on any atom is 1.00 e. The van der Waals surface area contributed by atoms with Gasteiger partial charge in [0.15, 0.2) is 17.3 Å². The predicted molar refractivity (Wildman–Crippen MR) is 104 cm³/mol. The Bertz CT molecular complexity index is 822. The number of rotatable bonds is 9. The van der Waals surface area contributed by atoms with Gasteiger partial charge in [0.05, 0.1) is 4.91 Å². The summed E-state index contributed by atoms with van der Waals surface area (Å²) in [5, 5.41) is 0. The molecule has 2 rings (SSSR count). The Kier molecular flexibility index (Phi) is 10.2. The molecule has 0 amide bonds. The van der Waals surface area contributed by atoms with Gasteiger partial charge in [0.1, 0.15) is 16.0 Å². The summed E-state index contributed by atoms with van der Waals surface area (Å²) >= 11 is 0. The Balaban J connectivity index is 0.00000420. The summed E-state index contributed by atoms with van der Waals surface area (Å²) in [6.07, 6.45) is 7.81. The molecule has 0 spiro atoms. The molecule has 2 aliphatic rings. The molecule has 1 fully saturated rings. The van der Waals surface area contributed by atoms with E-state index >= 15 is 0 Å². The zero-order chi connectivity index (χ0) is 21.1. The number of unbranched alkanes of at least 4 members (excludes halogenated alkanes) is 5. The number of hydrogen-bond acceptors (Lipinski definition) is 6. The van der Waals surface area contributed by atoms with Gasteiger partial charge in [-0.05, 0) is 24.0 Å². The summed E-state index contributed by atoms with van der Waals surface area (Å²) in [6, 6.07) is 0. The summed E-state index contributed by atoms with van der Waals surface area (Å²) in [5.74, 6) is -4.04. The van der Waals surface area contributed by atoms with Crippen LogP contribution in [0.5, 0.6) is 0 Å². The number of Topliss-reactive ketones (excluding diaryl/α,β-unsaturated/α-hetero) is 3. The number of fused-ring (bicyclic) bond motifs is 1. The van der Waals surface area contributed by atoms with Crippen LogP contribution < -0.4 is 29.6 Å². The predicted octanol–water partition coefficient (Wildman–Crippen LogP) is 0.480. The van der Waals surface area contributed by atoms with Crippen LogP contribution in [0.15, 0.2) is 22.1 Å². The average Bonchev–Trinajstić information content (AvgIpc) is 2.60. The first-order chi connectivity index (χ1) is 13.1. The third-order valence-electron chi connectivity index (χ3n) is 5.61. The molecule has 0 aliphatic heterocycles. The van der Waals surface area contributed by atoms with Crippen molar-refractivity contribution in [2.24, 2.45) is 17.8 Å². The fourth-order valence-electron chi connectivity index (χ4n) is 4.08. The minimum Gasteiger partial charge on any atom is -0.744 e. The van der Waals surface area contributed by atoms with E-state index in [1.54, 1.807) is 13.8 Å². The normalized spacial score (nSPS) is 22.5. The third-order valence-corrected chi connectivity index (χ3v) is 6.47. The fraction of sp³-hybridized carbons (Fsp3) is 0.667. The first-order valence-corrected chi connectivity index (χ1v) is 11.5. The SMILES string of the molecule is CCCCCCCCC1CC(=O)C2=C(C(C)C)C=C(S(=O)(=O)[O-])C(=O)C2C1=O.[Na+]. The van der Waals surface area contributed by atoms with Gasteiger partial charge < -0.3 is 4.55 Å². The maximum absolute atomic E-state index is 13.0. The molecule has 1 saturated carbocycles. The number of carbonyl (C=O) groups excluding carboxylic acids is 3. The first-order valence-electron chi connectivity index (χ1n) is 10.1. The van der Waals surface area contributed by atoms with Gasteiger partial charge in [-0.3, -0.25) is 14.4 Å². The van der Waals surface area contributed by atoms with E-state index in [2.05, 4.69) is 6.92 Å². The van der Waals surface area contributed by atoms with Crippen molar-refractivity contribution in [1.29, 1.82) is 0 Å². The van der Waals surface area contributed by atoms with Crippen molar-refractivity contribution < 1.29 is 56.9 Å². The first kappa shape index (κ1) is 26.4. The van der Waals surface area contributed by atoms with Crippen molar-refractivity contribution in [2.45, 2.75) is 72.1 Å². The molecule has 0 radical (unpaired) electrons. The Labute approximate surface area is 195 Å². The molecule has 0 aromatic heterocycles. The van der Waals surface area contributed by atoms with Gasteiger partial charge in [-0.15, -0.1) is 0 Å². The van der Waals surface area contributed by atoms with Gasteiger partial charge in [-0.1, -0.05) is 59.3 Å². The standard InChI is InChI=1S/C21H30O6S.Na/c1-4-5-6-7-8-9-10-14-11-16(22)18-15(13(2)3)12-17(28(25,26)27)21(24)19(18)20(14)23;/h12-14,19H,4-11H2,1-3H3,(H,25,26,27);/q;+1/p-1. The second kappa shape index (κ2) is 11.1. The van der Waals surface area contributed by atoms with Gasteiger partial charge in [-0.2, -0.15) is 0 Å². The van der Waals surface area contributed by atoms with E-state index in [4.69, 9.17) is 0 Å². The molecule has 0 bridgehead atoms. The van der Waals surface area contributed by atoms with Crippen LogP contribution in [0, 0.1) is 17.8 Å². The van der Waals surface area contributed by atoms with Gasteiger partial charge in [-0.25, -0.2) is 8.42 Å². The summed E-state index contributed by atoms with van der Waals surface area (Å²) in [6.45, 7) is 5.61. The molecule has 2 aliphatic carbocycles. The Hall–Kier alpha value is -0.600. The Morgan fingerprint density at radius 3 is 2.21 bits per heavy atom. The Morgan fingerprint density at radius 2 is 1.66 bits per heavy atom. The summed E-state index contributed by atoms with van der Waals surface area (Å²) in [4.78, 5) is 37.5. The average molecular weight is 433 g/mol. The minimum atomic E-state index is -5.02. The van der Waals surface area contributed by atoms with Crippen LogP contribution in [0.25, 0.3) is 0 Å². The van der Waals surface area contributed by atoms with Crippen LogP contribution in [0.3, 0.4) is 0 Å². The molecule has 0 aromatic carbocycles. The van der Waals surface area contributed by atoms with E-state index in [-0.39, 0.29) is 53.3 Å². The van der Waals surface area contributed by atoms with Crippen molar-refractivity contribution in [1.82, 2.24) is 0 Å². The second-order valence-electron chi connectivity index (χ2n) is 8.07. The molecule has 8 heteroatoms. The van der Waals surface area contributed by atoms with E-state index in [1.165, 1.54) is 6.42 Å². The van der Waals surface area contributed by atoms with Crippen LogP contribution in [-0.4, -0.2) is 30.3 Å². The van der Waals surface area contributed by atoms with Crippen molar-refractivity contribution >= 4 is 27.5 Å². The topological polar surface area (TPSA) is 108 Å². The van der Waals surface area contributed by atoms with Crippen LogP contribution in [0.1, 0.15) is 72.1 Å². The van der Waals surface area contributed by atoms with Gasteiger partial charge in [0.25, 0.3) is 0 Å². The molecule has 2 atom stereocenters. The van der Waals surface area contributed by atoms with E-state index in [0.717, 1.165) is 38.2 Å². The number of hydrogen-bond donors (Lipinski definition) is 0. The summed E-state index contributed by atoms with van der Waals surface area (Å²) in [7, 11) is -5.02. The zero-order valence-corrected chi connectivity index (χ0v) is 20.6. The molecule has 156 valence electrons. The van der Waals surface area contributed by atoms with Crippen LogP contribution in [0.2, 0.25) is 0 Å². The smallest absolute Gasteiger partial charge is 0.744 e. The molecule has 29 heavy (non-hydrogen) atoms. The van der Waals surface area contributed by atoms with Crippen molar-refractivity contribution in [3.8, 4) is 0 Å². The minimum absolute atomic E-state index is 0. The molecule has 0 N–H and O–H groups in total. The third kappa shape index (κ3) is 6.20. The van der Waals surface area contributed by atoms with Gasteiger partial charge in [0, 0.05) is 17.9 Å². The number of ketones is 3. The zero-order valence-electron chi connectivity index (χ0n) is 17.8. The van der Waals surface area contributed by atoms with E-state index < -0.39 is 38.4 Å². The molecular weight excluding hydrogens is 403 g/mol. The second-order valence-corrected chi connectivity index (χ2v) is 9.41. The molecular formula is C21H29NaO6S. The van der Waals surface area contributed by atoms with E-state index in [9.17, 15) is 27.4 Å². The van der Waals surface area contributed by atoms with E-state index in [0.29, 0.717) is 12.0 Å². The molecule has 6 nitrogen and oxygen atoms in total. The summed E-state index contributed by atoms with van der Waals surface area (Å²) in [5.41, 5.74) is 0.409. The fourth-order valence-corrected chi connectivity index (χ4v) is 4.72. The van der Waals surface area contributed by atoms with Crippen molar-refractivity contribution in [3.05, 3.63) is 22.1 Å². The van der Waals surface area contributed by atoms with Crippen LogP contribution in [0.4, 0.5) is 0 Å². The monoisotopic (exact) mass is 432 g/mol. The van der Waals surface area contributed by atoms with Crippen LogP contribution >= 0.6 is 0 Å². The quantitative estimate of drug-likeness (QED) is 0.227. The van der Waals surface area contributed by atoms with Crippen LogP contribution in [-0.2, 0) is 24.5 Å². The number of carbonyl (C=O) groups is 3. The molecule has 0 heterocycles. The van der Waals surface area contributed by atoms with Crippen molar-refractivity contribution in [2.75, 3.05) is 0 Å².